The molecule has 0 unspecified atom stereocenters. The van der Waals surface area contributed by atoms with Crippen LogP contribution in [-0.2, 0) is 4.79 Å². The number of carbonyl (C=O) groups excluding carboxylic acids is 1. The van der Waals surface area contributed by atoms with E-state index in [9.17, 15) is 4.79 Å². The summed E-state index contributed by atoms with van der Waals surface area (Å²) in [5.41, 5.74) is 0.414. The molecule has 0 fully saturated rings. The van der Waals surface area contributed by atoms with Crippen LogP contribution in [0, 0.1) is 0 Å². The minimum absolute atomic E-state index is 0.111. The fraction of sp³-hybridized carbons (Fsp3) is 0.0769. The fourth-order valence-electron chi connectivity index (χ4n) is 1.04. The van der Waals surface area contributed by atoms with Crippen LogP contribution < -0.4 is 10.1 Å². The van der Waals surface area contributed by atoms with E-state index in [-0.39, 0.29) is 11.8 Å². The Labute approximate surface area is 111 Å². The highest BCUT2D eigenvalue weighted by atomic mass is 35.5. The summed E-state index contributed by atoms with van der Waals surface area (Å²) in [5, 5.41) is 2.49. The van der Waals surface area contributed by atoms with Crippen LogP contribution in [0.25, 0.3) is 0 Å². The third-order valence-corrected chi connectivity index (χ3v) is 2.02. The molecule has 94 valence electrons. The zero-order valence-corrected chi connectivity index (χ0v) is 10.5. The van der Waals surface area contributed by atoms with Gasteiger partial charge in [-0.05, 0) is 24.3 Å². The highest BCUT2D eigenvalue weighted by molar-refractivity contribution is 6.27. The topological polar surface area (TPSA) is 51.2 Å². The largest absolute Gasteiger partial charge is 0.456 e. The van der Waals surface area contributed by atoms with Gasteiger partial charge < -0.3 is 10.1 Å². The van der Waals surface area contributed by atoms with E-state index < -0.39 is 0 Å². The van der Waals surface area contributed by atoms with Crippen molar-refractivity contribution in [2.45, 2.75) is 0 Å². The van der Waals surface area contributed by atoms with Crippen molar-refractivity contribution < 1.29 is 9.53 Å². The van der Waals surface area contributed by atoms with Crippen molar-refractivity contribution in [3.63, 3.8) is 0 Å². The van der Waals surface area contributed by atoms with Gasteiger partial charge in [-0.2, -0.15) is 0 Å². The summed E-state index contributed by atoms with van der Waals surface area (Å²) < 4.78 is 5.37. The second-order valence-corrected chi connectivity index (χ2v) is 3.56. The number of ether oxygens (including phenoxy) is 1. The lowest BCUT2D eigenvalue weighted by Crippen LogP contribution is -2.22. The zero-order valence-electron chi connectivity index (χ0n) is 9.73. The van der Waals surface area contributed by atoms with E-state index in [1.54, 1.807) is 36.7 Å². The van der Waals surface area contributed by atoms with Gasteiger partial charge in [-0.3, -0.25) is 9.78 Å². The maximum absolute atomic E-state index is 11.0. The number of pyridine rings is 1. The lowest BCUT2D eigenvalue weighted by molar-refractivity contribution is -0.117. The van der Waals surface area contributed by atoms with Crippen molar-refractivity contribution in [2.75, 3.05) is 5.88 Å². The molecule has 0 bridgehead atoms. The lowest BCUT2D eigenvalue weighted by atomic mass is 10.3. The number of hydrogen-bond acceptors (Lipinski definition) is 3. The number of carbonyl (C=O) groups is 1. The van der Waals surface area contributed by atoms with Crippen LogP contribution >= 0.6 is 11.6 Å². The molecule has 0 aliphatic heterocycles. The van der Waals surface area contributed by atoms with Crippen LogP contribution in [-0.4, -0.2) is 16.8 Å². The molecule has 0 atom stereocenters. The van der Waals surface area contributed by atoms with E-state index in [4.69, 9.17) is 16.3 Å². The smallest absolute Gasteiger partial charge is 0.239 e. The Balaban J connectivity index is 2.45. The van der Waals surface area contributed by atoms with E-state index in [2.05, 4.69) is 23.5 Å². The third-order valence-electron chi connectivity index (χ3n) is 1.78. The van der Waals surface area contributed by atoms with Gasteiger partial charge in [0, 0.05) is 11.9 Å². The molecule has 1 heterocycles. The van der Waals surface area contributed by atoms with Crippen LogP contribution in [0.4, 0.5) is 0 Å². The molecule has 4 nitrogen and oxygen atoms in total. The highest BCUT2D eigenvalue weighted by Gasteiger charge is 1.98. The molecule has 0 aromatic carbocycles. The predicted octanol–water partition coefficient (Wildman–Crippen LogP) is 2.40. The highest BCUT2D eigenvalue weighted by Crippen LogP contribution is 2.10. The quantitative estimate of drug-likeness (QED) is 0.488. The molecule has 1 rings (SSSR count). The fourth-order valence-corrected chi connectivity index (χ4v) is 1.11. The first-order valence-corrected chi connectivity index (χ1v) is 5.65. The number of halogens is 1. The lowest BCUT2D eigenvalue weighted by Gasteiger charge is -2.04. The van der Waals surface area contributed by atoms with Gasteiger partial charge in [0.2, 0.25) is 5.91 Å². The molecule has 1 N–H and O–H groups in total. The van der Waals surface area contributed by atoms with Gasteiger partial charge in [-0.15, -0.1) is 11.6 Å². The second-order valence-electron chi connectivity index (χ2n) is 3.30. The number of nitrogens with zero attached hydrogens (tertiary/aromatic N) is 1. The third kappa shape index (κ3) is 5.32. The Morgan fingerprint density at radius 1 is 1.50 bits per heavy atom. The number of hydrogen-bond donors (Lipinski definition) is 1. The van der Waals surface area contributed by atoms with Crippen LogP contribution in [0.3, 0.4) is 0 Å². The maximum atomic E-state index is 11.0. The average molecular weight is 265 g/mol. The van der Waals surface area contributed by atoms with E-state index in [1.807, 2.05) is 0 Å². The number of alkyl halides is 1. The Hall–Kier alpha value is -2.07. The maximum Gasteiger partial charge on any atom is 0.239 e. The van der Waals surface area contributed by atoms with Crippen LogP contribution in [0.2, 0.25) is 0 Å². The molecule has 5 heteroatoms. The van der Waals surface area contributed by atoms with Crippen LogP contribution in [0.1, 0.15) is 0 Å². The first-order chi connectivity index (χ1) is 8.61. The van der Waals surface area contributed by atoms with Gasteiger partial charge in [-0.25, -0.2) is 0 Å². The molecule has 1 aromatic rings. The van der Waals surface area contributed by atoms with Crippen molar-refractivity contribution >= 4 is 17.5 Å². The minimum atomic E-state index is -0.315. The molecule has 18 heavy (non-hydrogen) atoms. The van der Waals surface area contributed by atoms with Crippen molar-refractivity contribution in [1.82, 2.24) is 10.3 Å². The standard InChI is InChI=1S/C13H13ClN2O2/c1-10(16-13(17)8-14)5-6-11(2)18-12-4-3-7-15-9-12/h3-7,9H,1-2,8H2,(H,16,17). The molecule has 0 radical (unpaired) electrons. The summed E-state index contributed by atoms with van der Waals surface area (Å²) in [6.45, 7) is 7.34. The number of aromatic nitrogens is 1. The zero-order chi connectivity index (χ0) is 13.4. The van der Waals surface area contributed by atoms with Crippen molar-refractivity contribution in [3.8, 4) is 5.75 Å². The monoisotopic (exact) mass is 264 g/mol. The predicted molar refractivity (Wildman–Crippen MR) is 71.1 cm³/mol. The van der Waals surface area contributed by atoms with Gasteiger partial charge in [0.1, 0.15) is 17.4 Å². The first kappa shape index (κ1) is 14.0. The Morgan fingerprint density at radius 2 is 2.28 bits per heavy atom. The van der Waals surface area contributed by atoms with E-state index >= 15 is 0 Å². The normalized spacial score (nSPS) is 10.1. The van der Waals surface area contributed by atoms with Crippen molar-refractivity contribution in [1.29, 1.82) is 0 Å². The Morgan fingerprint density at radius 3 is 2.89 bits per heavy atom. The number of amides is 1. The minimum Gasteiger partial charge on any atom is -0.456 e. The summed E-state index contributed by atoms with van der Waals surface area (Å²) in [4.78, 5) is 14.9. The number of allylic oxidation sites excluding steroid dienone is 2. The summed E-state index contributed by atoms with van der Waals surface area (Å²) in [7, 11) is 0. The molecule has 0 saturated carbocycles. The first-order valence-electron chi connectivity index (χ1n) is 5.11. The van der Waals surface area contributed by atoms with Crippen LogP contribution in [0.15, 0.2) is 61.3 Å². The molecular weight excluding hydrogens is 252 g/mol. The van der Waals surface area contributed by atoms with Gasteiger partial charge >= 0.3 is 0 Å². The van der Waals surface area contributed by atoms with Crippen LogP contribution in [0.5, 0.6) is 5.75 Å². The van der Waals surface area contributed by atoms with Gasteiger partial charge in [0.05, 0.1) is 6.20 Å². The van der Waals surface area contributed by atoms with Crippen molar-refractivity contribution in [3.05, 3.63) is 61.3 Å². The van der Waals surface area contributed by atoms with Gasteiger partial charge in [0.25, 0.3) is 0 Å². The molecular formula is C13H13ClN2O2. The molecule has 0 aliphatic rings. The number of rotatable bonds is 6. The number of nitrogens with one attached hydrogen (secondary N) is 1. The van der Waals surface area contributed by atoms with E-state index in [1.165, 1.54) is 0 Å². The van der Waals surface area contributed by atoms with Gasteiger partial charge in [0.15, 0.2) is 0 Å². The molecule has 1 aromatic heterocycles. The average Bonchev–Trinajstić information content (AvgIpc) is 2.37. The van der Waals surface area contributed by atoms with Crippen molar-refractivity contribution in [2.24, 2.45) is 0 Å². The Kier molecular flexibility index (Phi) is 5.67. The van der Waals surface area contributed by atoms with E-state index in [0.29, 0.717) is 17.2 Å². The second kappa shape index (κ2) is 7.29. The Bertz CT molecular complexity index is 469. The molecule has 1 amide bonds. The molecule has 0 saturated heterocycles. The summed E-state index contributed by atoms with van der Waals surface area (Å²) in [5.74, 6) is 0.567. The van der Waals surface area contributed by atoms with E-state index in [0.717, 1.165) is 0 Å². The summed E-state index contributed by atoms with van der Waals surface area (Å²) >= 11 is 5.34. The summed E-state index contributed by atoms with van der Waals surface area (Å²) in [6, 6.07) is 3.52. The molecule has 0 aliphatic carbocycles. The SMILES string of the molecule is C=C(C=CC(=C)Oc1cccnc1)NC(=O)CCl. The van der Waals surface area contributed by atoms with Gasteiger partial charge in [-0.1, -0.05) is 13.2 Å². The molecule has 0 spiro atoms. The summed E-state index contributed by atoms with van der Waals surface area (Å²) in [6.07, 6.45) is 6.38.